The van der Waals surface area contributed by atoms with E-state index in [2.05, 4.69) is 9.88 Å². The van der Waals surface area contributed by atoms with Gasteiger partial charge in [0.1, 0.15) is 5.75 Å². The standard InChI is InChI=1S/C29H34Cl2N2O4/c1-37-21-9-10-26-23(17-21)22(12-14-32-26)27(34)11-8-19-13-16-33(18-24(19)29(35)36)15-3-2-5-20-6-4-7-25(30)28(20)31/h4,6-7,9-10,12,14,17,19,24,27,34H,2-3,5,8,11,13,15-16,18H2,1H3,(H,35,36)/t19-,24+,27?/m1/s1. The number of benzene rings is 2. The molecule has 1 aromatic heterocycles. The zero-order valence-corrected chi connectivity index (χ0v) is 22.6. The summed E-state index contributed by atoms with van der Waals surface area (Å²) in [5.41, 5.74) is 2.65. The summed E-state index contributed by atoms with van der Waals surface area (Å²) in [7, 11) is 1.61. The monoisotopic (exact) mass is 544 g/mol. The highest BCUT2D eigenvalue weighted by Crippen LogP contribution is 2.34. The summed E-state index contributed by atoms with van der Waals surface area (Å²) in [4.78, 5) is 18.8. The number of aliphatic hydroxyl groups is 1. The third kappa shape index (κ3) is 6.94. The summed E-state index contributed by atoms with van der Waals surface area (Å²) in [5.74, 6) is -0.439. The van der Waals surface area contributed by atoms with E-state index in [-0.39, 0.29) is 5.92 Å². The summed E-state index contributed by atoms with van der Waals surface area (Å²) in [5, 5.41) is 23.0. The topological polar surface area (TPSA) is 82.9 Å². The number of nitrogens with zero attached hydrogens (tertiary/aromatic N) is 2. The van der Waals surface area contributed by atoms with Crippen molar-refractivity contribution >= 4 is 40.1 Å². The number of aryl methyl sites for hydroxylation is 1. The molecule has 0 saturated carbocycles. The average molecular weight is 546 g/mol. The quantitative estimate of drug-likeness (QED) is 0.271. The molecule has 1 unspecified atom stereocenters. The van der Waals surface area contributed by atoms with Crippen molar-refractivity contribution in [1.29, 1.82) is 0 Å². The number of fused-ring (bicyclic) bond motifs is 1. The van der Waals surface area contributed by atoms with Gasteiger partial charge in [0.25, 0.3) is 0 Å². The van der Waals surface area contributed by atoms with Gasteiger partial charge in [-0.25, -0.2) is 0 Å². The van der Waals surface area contributed by atoms with Gasteiger partial charge >= 0.3 is 5.97 Å². The van der Waals surface area contributed by atoms with Crippen LogP contribution in [-0.4, -0.2) is 52.8 Å². The Morgan fingerprint density at radius 3 is 2.84 bits per heavy atom. The largest absolute Gasteiger partial charge is 0.497 e. The van der Waals surface area contributed by atoms with Crippen LogP contribution in [0.4, 0.5) is 0 Å². The van der Waals surface area contributed by atoms with E-state index in [4.69, 9.17) is 27.9 Å². The number of ether oxygens (including phenoxy) is 1. The van der Waals surface area contributed by atoms with Crippen LogP contribution in [0.2, 0.25) is 10.0 Å². The molecule has 0 bridgehead atoms. The number of likely N-dealkylation sites (tertiary alicyclic amines) is 1. The van der Waals surface area contributed by atoms with E-state index in [0.717, 1.165) is 60.8 Å². The maximum atomic E-state index is 12.1. The summed E-state index contributed by atoms with van der Waals surface area (Å²) in [6.07, 6.45) is 5.78. The first-order valence-corrected chi connectivity index (χ1v) is 13.6. The normalized spacial score (nSPS) is 19.1. The number of hydrogen-bond acceptors (Lipinski definition) is 5. The lowest BCUT2D eigenvalue weighted by molar-refractivity contribution is -0.146. The summed E-state index contributed by atoms with van der Waals surface area (Å²) < 4.78 is 5.34. The number of methoxy groups -OCH3 is 1. The first kappa shape index (κ1) is 27.6. The lowest BCUT2D eigenvalue weighted by Gasteiger charge is -2.37. The number of rotatable bonds is 11. The minimum absolute atomic E-state index is 0.0382. The molecule has 4 rings (SSSR count). The Bertz CT molecular complexity index is 1220. The molecule has 198 valence electrons. The third-order valence-electron chi connectivity index (χ3n) is 7.51. The molecule has 3 aromatic rings. The molecule has 6 nitrogen and oxygen atoms in total. The number of piperidine rings is 1. The molecule has 2 aromatic carbocycles. The molecule has 0 radical (unpaired) electrons. The van der Waals surface area contributed by atoms with E-state index in [0.29, 0.717) is 35.2 Å². The minimum Gasteiger partial charge on any atom is -0.497 e. The third-order valence-corrected chi connectivity index (χ3v) is 8.37. The highest BCUT2D eigenvalue weighted by atomic mass is 35.5. The molecule has 37 heavy (non-hydrogen) atoms. The van der Waals surface area contributed by atoms with Crippen LogP contribution in [0.3, 0.4) is 0 Å². The van der Waals surface area contributed by atoms with Gasteiger partial charge in [0, 0.05) is 18.1 Å². The van der Waals surface area contributed by atoms with Gasteiger partial charge in [0.15, 0.2) is 0 Å². The molecule has 1 saturated heterocycles. The van der Waals surface area contributed by atoms with E-state index in [1.165, 1.54) is 0 Å². The van der Waals surface area contributed by atoms with Crippen molar-refractivity contribution in [3.8, 4) is 5.75 Å². The molecule has 3 atom stereocenters. The van der Waals surface area contributed by atoms with Crippen molar-refractivity contribution in [2.75, 3.05) is 26.7 Å². The van der Waals surface area contributed by atoms with E-state index in [9.17, 15) is 15.0 Å². The fourth-order valence-electron chi connectivity index (χ4n) is 5.38. The van der Waals surface area contributed by atoms with Crippen molar-refractivity contribution in [3.63, 3.8) is 0 Å². The Morgan fingerprint density at radius 2 is 2.05 bits per heavy atom. The van der Waals surface area contributed by atoms with Crippen LogP contribution in [0.1, 0.15) is 49.3 Å². The summed E-state index contributed by atoms with van der Waals surface area (Å²) >= 11 is 12.4. The molecule has 2 heterocycles. The number of aliphatic carboxylic acids is 1. The van der Waals surface area contributed by atoms with Crippen LogP contribution in [0.5, 0.6) is 5.75 Å². The van der Waals surface area contributed by atoms with E-state index in [1.54, 1.807) is 19.4 Å². The number of carboxylic acids is 1. The van der Waals surface area contributed by atoms with Gasteiger partial charge in [0.05, 0.1) is 34.7 Å². The molecule has 2 N–H and O–H groups in total. The fourth-order valence-corrected chi connectivity index (χ4v) is 5.80. The second-order valence-corrected chi connectivity index (χ2v) is 10.6. The van der Waals surface area contributed by atoms with Crippen LogP contribution < -0.4 is 4.74 Å². The molecule has 0 aliphatic carbocycles. The number of aliphatic hydroxyl groups excluding tert-OH is 1. The molecule has 1 aliphatic heterocycles. The fraction of sp³-hybridized carbons (Fsp3) is 0.448. The molecule has 0 amide bonds. The number of halogens is 2. The van der Waals surface area contributed by atoms with Crippen molar-refractivity contribution < 1.29 is 19.7 Å². The first-order valence-electron chi connectivity index (χ1n) is 12.9. The van der Waals surface area contributed by atoms with Crippen LogP contribution in [0.25, 0.3) is 10.9 Å². The van der Waals surface area contributed by atoms with Crippen molar-refractivity contribution in [3.05, 3.63) is 69.8 Å². The van der Waals surface area contributed by atoms with Gasteiger partial charge in [-0.1, -0.05) is 35.3 Å². The second kappa shape index (κ2) is 12.9. The smallest absolute Gasteiger partial charge is 0.308 e. The molecule has 8 heteroatoms. The van der Waals surface area contributed by atoms with Crippen molar-refractivity contribution in [1.82, 2.24) is 9.88 Å². The molecule has 1 fully saturated rings. The van der Waals surface area contributed by atoms with Crippen LogP contribution >= 0.6 is 23.2 Å². The minimum atomic E-state index is -0.756. The van der Waals surface area contributed by atoms with Crippen LogP contribution in [0.15, 0.2) is 48.7 Å². The Balaban J connectivity index is 1.30. The second-order valence-electron chi connectivity index (χ2n) is 9.84. The highest BCUT2D eigenvalue weighted by molar-refractivity contribution is 6.42. The van der Waals surface area contributed by atoms with Gasteiger partial charge < -0.3 is 19.8 Å². The number of carbonyl (C=O) groups is 1. The Kier molecular flexibility index (Phi) is 9.65. The number of hydrogen-bond donors (Lipinski definition) is 2. The molecule has 0 spiro atoms. The van der Waals surface area contributed by atoms with E-state index < -0.39 is 18.0 Å². The van der Waals surface area contributed by atoms with Gasteiger partial charge in [-0.05, 0) is 99.0 Å². The van der Waals surface area contributed by atoms with Crippen molar-refractivity contribution in [2.24, 2.45) is 11.8 Å². The predicted octanol–water partition coefficient (Wildman–Crippen LogP) is 6.41. The zero-order valence-electron chi connectivity index (χ0n) is 21.1. The van der Waals surface area contributed by atoms with E-state index in [1.807, 2.05) is 36.4 Å². The maximum absolute atomic E-state index is 12.1. The van der Waals surface area contributed by atoms with Gasteiger partial charge in [-0.2, -0.15) is 0 Å². The maximum Gasteiger partial charge on any atom is 0.308 e. The summed E-state index contributed by atoms with van der Waals surface area (Å²) in [6.45, 7) is 2.28. The van der Waals surface area contributed by atoms with Crippen LogP contribution in [-0.2, 0) is 11.2 Å². The number of pyridine rings is 1. The Morgan fingerprint density at radius 1 is 1.22 bits per heavy atom. The van der Waals surface area contributed by atoms with E-state index >= 15 is 0 Å². The average Bonchev–Trinajstić information content (AvgIpc) is 2.91. The molecular weight excluding hydrogens is 511 g/mol. The van der Waals surface area contributed by atoms with Gasteiger partial charge in [-0.15, -0.1) is 0 Å². The summed E-state index contributed by atoms with van der Waals surface area (Å²) in [6, 6.07) is 13.2. The molecule has 1 aliphatic rings. The zero-order chi connectivity index (χ0) is 26.4. The van der Waals surface area contributed by atoms with Gasteiger partial charge in [-0.3, -0.25) is 9.78 Å². The SMILES string of the molecule is COc1ccc2nccc(C(O)CC[C@@H]3CCN(CCCCc4cccc(Cl)c4Cl)C[C@@H]3C(=O)O)c2c1. The van der Waals surface area contributed by atoms with Crippen molar-refractivity contribution in [2.45, 2.75) is 44.6 Å². The first-order chi connectivity index (χ1) is 17.9. The Hall–Kier alpha value is -2.38. The lowest BCUT2D eigenvalue weighted by atomic mass is 9.81. The predicted molar refractivity (Wildman–Crippen MR) is 148 cm³/mol. The number of aromatic nitrogens is 1. The van der Waals surface area contributed by atoms with Crippen LogP contribution in [0, 0.1) is 11.8 Å². The molecular formula is C29H34Cl2N2O4. The number of carboxylic acid groups (broad SMARTS) is 1. The van der Waals surface area contributed by atoms with Gasteiger partial charge in [0.2, 0.25) is 0 Å². The number of unbranched alkanes of at least 4 members (excludes halogenated alkanes) is 1. The highest BCUT2D eigenvalue weighted by Gasteiger charge is 2.34. The Labute approximate surface area is 228 Å². The lowest BCUT2D eigenvalue weighted by Crippen LogP contribution is -2.44.